The van der Waals surface area contributed by atoms with Crippen molar-refractivity contribution >= 4 is 17.5 Å². The van der Waals surface area contributed by atoms with Crippen LogP contribution in [0.5, 0.6) is 0 Å². The van der Waals surface area contributed by atoms with Gasteiger partial charge in [-0.05, 0) is 49.5 Å². The van der Waals surface area contributed by atoms with E-state index in [1.54, 1.807) is 0 Å². The zero-order chi connectivity index (χ0) is 14.2. The third kappa shape index (κ3) is 2.35. The molecule has 0 atom stereocenters. The maximum absolute atomic E-state index is 12.3. The fourth-order valence-corrected chi connectivity index (χ4v) is 3.82. The molecule has 0 amide bonds. The predicted molar refractivity (Wildman–Crippen MR) is 85.2 cm³/mol. The van der Waals surface area contributed by atoms with Crippen molar-refractivity contribution in [3.63, 3.8) is 0 Å². The lowest BCUT2D eigenvalue weighted by molar-refractivity contribution is -0.125. The number of benzene rings is 1. The Morgan fingerprint density at radius 2 is 1.57 bits per heavy atom. The second-order valence-electron chi connectivity index (χ2n) is 6.44. The fourth-order valence-electron chi connectivity index (χ4n) is 3.82. The molecule has 0 aromatic heterocycles. The van der Waals surface area contributed by atoms with Gasteiger partial charge in [-0.25, -0.2) is 0 Å². The van der Waals surface area contributed by atoms with Crippen LogP contribution in [0.15, 0.2) is 30.0 Å². The molecule has 110 valence electrons. The van der Waals surface area contributed by atoms with E-state index in [0.29, 0.717) is 5.78 Å². The quantitative estimate of drug-likeness (QED) is 0.779. The number of rotatable bonds is 2. The lowest BCUT2D eigenvalue weighted by Gasteiger charge is -2.41. The highest BCUT2D eigenvalue weighted by atomic mass is 16.1. The molecule has 4 saturated heterocycles. The molecule has 4 aliphatic rings. The second kappa shape index (κ2) is 5.21. The van der Waals surface area contributed by atoms with E-state index in [1.165, 1.54) is 31.6 Å². The zero-order valence-corrected chi connectivity index (χ0v) is 12.4. The van der Waals surface area contributed by atoms with Crippen molar-refractivity contribution < 1.29 is 4.79 Å². The molecule has 0 N–H and O–H groups in total. The summed E-state index contributed by atoms with van der Waals surface area (Å²) in [5, 5.41) is 0. The van der Waals surface area contributed by atoms with Gasteiger partial charge in [-0.1, -0.05) is 12.1 Å². The van der Waals surface area contributed by atoms with Gasteiger partial charge in [-0.3, -0.25) is 4.79 Å². The molecule has 0 unspecified atom stereocenters. The smallest absolute Gasteiger partial charge is 0.182 e. The number of carbonyl (C=O) groups is 1. The van der Waals surface area contributed by atoms with Crippen LogP contribution in [0.4, 0.5) is 5.69 Å². The SMILES string of the molecule is O=C1/C(=C/c2ccc(N3CCCC3)cc2)N2CCC1CC2. The first kappa shape index (κ1) is 12.9. The number of nitrogens with zero attached hydrogens (tertiary/aromatic N) is 2. The van der Waals surface area contributed by atoms with Gasteiger partial charge in [0.25, 0.3) is 0 Å². The van der Waals surface area contributed by atoms with E-state index < -0.39 is 0 Å². The molecule has 1 aromatic rings. The maximum Gasteiger partial charge on any atom is 0.182 e. The van der Waals surface area contributed by atoms with Gasteiger partial charge in [0.2, 0.25) is 0 Å². The van der Waals surface area contributed by atoms with Gasteiger partial charge in [-0.2, -0.15) is 0 Å². The van der Waals surface area contributed by atoms with E-state index in [1.807, 2.05) is 0 Å². The number of hydrogen-bond acceptors (Lipinski definition) is 3. The van der Waals surface area contributed by atoms with Crippen LogP contribution in [-0.4, -0.2) is 36.9 Å². The topological polar surface area (TPSA) is 23.6 Å². The summed E-state index contributed by atoms with van der Waals surface area (Å²) in [6, 6.07) is 8.69. The lowest BCUT2D eigenvalue weighted by atomic mass is 9.84. The van der Waals surface area contributed by atoms with Gasteiger partial charge in [-0.15, -0.1) is 0 Å². The van der Waals surface area contributed by atoms with Crippen molar-refractivity contribution in [2.45, 2.75) is 25.7 Å². The van der Waals surface area contributed by atoms with Gasteiger partial charge in [0.15, 0.2) is 5.78 Å². The first-order valence-corrected chi connectivity index (χ1v) is 8.17. The minimum Gasteiger partial charge on any atom is -0.372 e. The molecule has 4 fully saturated rings. The summed E-state index contributed by atoms with van der Waals surface area (Å²) in [6.07, 6.45) is 6.78. The molecular weight excluding hydrogens is 260 g/mol. The van der Waals surface area contributed by atoms with Crippen molar-refractivity contribution in [2.75, 3.05) is 31.1 Å². The van der Waals surface area contributed by atoms with Crippen LogP contribution in [-0.2, 0) is 4.79 Å². The minimum absolute atomic E-state index is 0.283. The number of ketones is 1. The van der Waals surface area contributed by atoms with Crippen LogP contribution in [0.25, 0.3) is 6.08 Å². The average Bonchev–Trinajstić information content (AvgIpc) is 3.06. The predicted octanol–water partition coefficient (Wildman–Crippen LogP) is 2.92. The molecule has 2 bridgehead atoms. The first-order chi connectivity index (χ1) is 10.3. The Bertz CT molecular complexity index is 561. The highest BCUT2D eigenvalue weighted by Crippen LogP contribution is 2.32. The third-order valence-electron chi connectivity index (χ3n) is 5.13. The van der Waals surface area contributed by atoms with Crippen LogP contribution in [0.1, 0.15) is 31.2 Å². The molecule has 1 aromatic carbocycles. The Hall–Kier alpha value is -1.77. The number of anilines is 1. The van der Waals surface area contributed by atoms with E-state index in [4.69, 9.17) is 0 Å². The van der Waals surface area contributed by atoms with E-state index in [-0.39, 0.29) is 5.92 Å². The Morgan fingerprint density at radius 1 is 0.905 bits per heavy atom. The molecule has 0 aliphatic carbocycles. The van der Waals surface area contributed by atoms with Gasteiger partial charge in [0.05, 0.1) is 5.70 Å². The highest BCUT2D eigenvalue weighted by Gasteiger charge is 2.36. The fraction of sp³-hybridized carbons (Fsp3) is 0.500. The number of allylic oxidation sites excluding steroid dienone is 1. The monoisotopic (exact) mass is 282 g/mol. The first-order valence-electron chi connectivity index (χ1n) is 8.17. The molecule has 3 nitrogen and oxygen atoms in total. The summed E-state index contributed by atoms with van der Waals surface area (Å²) < 4.78 is 0. The standard InChI is InChI=1S/C18H22N2O/c21-18-15-7-11-20(12-8-15)17(18)13-14-3-5-16(6-4-14)19-9-1-2-10-19/h3-6,13,15H,1-2,7-12H2/b17-13-. The molecule has 0 radical (unpaired) electrons. The number of Topliss-reactive ketones (excluding diaryl/α,β-unsaturated/α-hetero) is 1. The van der Waals surface area contributed by atoms with Crippen molar-refractivity contribution in [3.8, 4) is 0 Å². The van der Waals surface area contributed by atoms with E-state index in [0.717, 1.165) is 37.2 Å². The highest BCUT2D eigenvalue weighted by molar-refractivity contribution is 6.01. The Labute approximate surface area is 126 Å². The summed E-state index contributed by atoms with van der Waals surface area (Å²) in [6.45, 7) is 4.45. The molecule has 4 heterocycles. The summed E-state index contributed by atoms with van der Waals surface area (Å²) >= 11 is 0. The van der Waals surface area contributed by atoms with Crippen LogP contribution in [0, 0.1) is 5.92 Å². The van der Waals surface area contributed by atoms with Crippen molar-refractivity contribution in [1.82, 2.24) is 4.90 Å². The van der Waals surface area contributed by atoms with E-state index in [2.05, 4.69) is 40.1 Å². The number of piperidine rings is 3. The van der Waals surface area contributed by atoms with Crippen molar-refractivity contribution in [1.29, 1.82) is 0 Å². The Kier molecular flexibility index (Phi) is 3.21. The minimum atomic E-state index is 0.283. The van der Waals surface area contributed by atoms with Crippen LogP contribution >= 0.6 is 0 Å². The Morgan fingerprint density at radius 3 is 2.19 bits per heavy atom. The third-order valence-corrected chi connectivity index (χ3v) is 5.13. The molecule has 0 spiro atoms. The van der Waals surface area contributed by atoms with Crippen molar-refractivity contribution in [2.24, 2.45) is 5.92 Å². The number of fused-ring (bicyclic) bond motifs is 3. The van der Waals surface area contributed by atoms with Gasteiger partial charge in [0, 0.05) is 37.8 Å². The number of carbonyl (C=O) groups excluding carboxylic acids is 1. The van der Waals surface area contributed by atoms with Gasteiger partial charge >= 0.3 is 0 Å². The van der Waals surface area contributed by atoms with Crippen LogP contribution in [0.2, 0.25) is 0 Å². The molecule has 4 aliphatic heterocycles. The number of hydrogen-bond donors (Lipinski definition) is 0. The lowest BCUT2D eigenvalue weighted by Crippen LogP contribution is -2.45. The largest absolute Gasteiger partial charge is 0.372 e. The molecular formula is C18H22N2O. The van der Waals surface area contributed by atoms with Gasteiger partial charge < -0.3 is 9.80 Å². The molecule has 21 heavy (non-hydrogen) atoms. The van der Waals surface area contributed by atoms with Crippen LogP contribution < -0.4 is 4.90 Å². The summed E-state index contributed by atoms with van der Waals surface area (Å²) in [5.41, 5.74) is 3.40. The molecule has 0 saturated carbocycles. The molecule has 3 heteroatoms. The van der Waals surface area contributed by atoms with E-state index in [9.17, 15) is 4.79 Å². The average molecular weight is 282 g/mol. The summed E-state index contributed by atoms with van der Waals surface area (Å²) in [5.74, 6) is 0.640. The molecule has 5 rings (SSSR count). The van der Waals surface area contributed by atoms with Crippen molar-refractivity contribution in [3.05, 3.63) is 35.5 Å². The summed E-state index contributed by atoms with van der Waals surface area (Å²) in [4.78, 5) is 17.0. The summed E-state index contributed by atoms with van der Waals surface area (Å²) in [7, 11) is 0. The van der Waals surface area contributed by atoms with Gasteiger partial charge in [0.1, 0.15) is 0 Å². The van der Waals surface area contributed by atoms with Crippen LogP contribution in [0.3, 0.4) is 0 Å². The Balaban J connectivity index is 1.56. The maximum atomic E-state index is 12.3. The normalized spacial score (nSPS) is 24.4. The zero-order valence-electron chi connectivity index (χ0n) is 12.4. The van der Waals surface area contributed by atoms with E-state index >= 15 is 0 Å². The second-order valence-corrected chi connectivity index (χ2v) is 6.44.